The van der Waals surface area contributed by atoms with Crippen LogP contribution < -0.4 is 5.32 Å². The number of alkyl halides is 2. The number of aryl methyl sites for hydroxylation is 1. The Kier molecular flexibility index (Phi) is 3.87. The monoisotopic (exact) mass is 371 g/mol. The maximum absolute atomic E-state index is 12.6. The number of amides is 1. The third-order valence-corrected chi connectivity index (χ3v) is 7.44. The van der Waals surface area contributed by atoms with E-state index in [2.05, 4.69) is 5.32 Å². The van der Waals surface area contributed by atoms with Crippen molar-refractivity contribution in [2.75, 3.05) is 5.32 Å². The molecule has 5 heteroatoms. The van der Waals surface area contributed by atoms with E-state index in [9.17, 15) is 4.79 Å². The minimum atomic E-state index is -0.494. The average Bonchev–Trinajstić information content (AvgIpc) is 3.27. The number of hydrogen-bond donors (Lipinski definition) is 1. The molecule has 4 rings (SSSR count). The zero-order valence-electron chi connectivity index (χ0n) is 13.0. The molecule has 3 aliphatic rings. The largest absolute Gasteiger partial charge is 0.326 e. The predicted molar refractivity (Wildman–Crippen MR) is 95.2 cm³/mol. The molecule has 0 bridgehead atoms. The summed E-state index contributed by atoms with van der Waals surface area (Å²) in [7, 11) is 0. The summed E-state index contributed by atoms with van der Waals surface area (Å²) >= 11 is 18.7. The molecule has 23 heavy (non-hydrogen) atoms. The van der Waals surface area contributed by atoms with Crippen LogP contribution in [0.15, 0.2) is 18.2 Å². The molecule has 1 unspecified atom stereocenters. The Morgan fingerprint density at radius 3 is 2.35 bits per heavy atom. The van der Waals surface area contributed by atoms with Crippen molar-refractivity contribution in [1.29, 1.82) is 0 Å². The predicted octanol–water partition coefficient (Wildman–Crippen LogP) is 5.44. The third kappa shape index (κ3) is 2.77. The molecule has 0 aliphatic heterocycles. The van der Waals surface area contributed by atoms with Gasteiger partial charge in [-0.1, -0.05) is 17.7 Å². The Balaban J connectivity index is 1.41. The van der Waals surface area contributed by atoms with Gasteiger partial charge in [0.25, 0.3) is 0 Å². The van der Waals surface area contributed by atoms with E-state index in [1.54, 1.807) is 0 Å². The van der Waals surface area contributed by atoms with E-state index in [1.165, 1.54) is 0 Å². The Labute approximate surface area is 151 Å². The van der Waals surface area contributed by atoms with Gasteiger partial charge >= 0.3 is 0 Å². The van der Waals surface area contributed by atoms with E-state index in [-0.39, 0.29) is 11.8 Å². The van der Waals surface area contributed by atoms with Crippen LogP contribution in [0.25, 0.3) is 0 Å². The van der Waals surface area contributed by atoms with E-state index >= 15 is 0 Å². The van der Waals surface area contributed by atoms with E-state index in [0.717, 1.165) is 36.9 Å². The van der Waals surface area contributed by atoms with Gasteiger partial charge in [-0.15, -0.1) is 23.2 Å². The van der Waals surface area contributed by atoms with Gasteiger partial charge in [0.1, 0.15) is 4.33 Å². The van der Waals surface area contributed by atoms with Crippen molar-refractivity contribution in [2.45, 2.75) is 36.9 Å². The topological polar surface area (TPSA) is 29.1 Å². The highest BCUT2D eigenvalue weighted by molar-refractivity contribution is 6.51. The summed E-state index contributed by atoms with van der Waals surface area (Å²) in [4.78, 5) is 12.6. The third-order valence-electron chi connectivity index (χ3n) is 6.08. The molecule has 0 radical (unpaired) electrons. The Bertz CT molecular complexity index is 638. The molecule has 1 aromatic carbocycles. The second-order valence-electron chi connectivity index (χ2n) is 7.34. The molecule has 3 saturated carbocycles. The van der Waals surface area contributed by atoms with Gasteiger partial charge in [0.05, 0.1) is 0 Å². The summed E-state index contributed by atoms with van der Waals surface area (Å²) in [5.41, 5.74) is 1.86. The fourth-order valence-corrected chi connectivity index (χ4v) is 5.65. The maximum atomic E-state index is 12.6. The van der Waals surface area contributed by atoms with Crippen molar-refractivity contribution >= 4 is 46.4 Å². The lowest BCUT2D eigenvalue weighted by molar-refractivity contribution is -0.117. The molecule has 1 aromatic rings. The quantitative estimate of drug-likeness (QED) is 0.688. The molecule has 3 fully saturated rings. The number of rotatable bonds is 2. The van der Waals surface area contributed by atoms with Gasteiger partial charge in [0.15, 0.2) is 0 Å². The molecule has 0 saturated heterocycles. The van der Waals surface area contributed by atoms with Crippen molar-refractivity contribution in [2.24, 2.45) is 29.6 Å². The SMILES string of the molecule is Cc1ccc(Cl)cc1NC(=O)C1[C@H]2CC[C@@H]3[C@H](CC[C@@H]12)C3(Cl)Cl. The molecular weight excluding hydrogens is 353 g/mol. The molecule has 0 heterocycles. The highest BCUT2D eigenvalue weighted by Crippen LogP contribution is 2.67. The standard InChI is InChI=1S/C18H20Cl3NO/c1-9-2-3-10(19)8-15(9)22-17(23)16-11-4-6-13-14(18(13,20)21)7-5-12(11)16/h2-3,8,11-14,16H,4-7H2,1H3,(H,22,23)/t11-,12+,13+,14-,16?. The lowest BCUT2D eigenvalue weighted by Gasteiger charge is -2.09. The average molecular weight is 373 g/mol. The smallest absolute Gasteiger partial charge is 0.228 e. The number of carbonyl (C=O) groups is 1. The highest BCUT2D eigenvalue weighted by atomic mass is 35.5. The number of fused-ring (bicyclic) bond motifs is 2. The normalized spacial score (nSPS) is 37.0. The lowest BCUT2D eigenvalue weighted by Crippen LogP contribution is -2.16. The summed E-state index contributed by atoms with van der Waals surface area (Å²) in [6, 6.07) is 5.60. The molecular formula is C18H20Cl3NO. The number of hydrogen-bond acceptors (Lipinski definition) is 1. The van der Waals surface area contributed by atoms with Crippen LogP contribution in [0, 0.1) is 36.5 Å². The van der Waals surface area contributed by atoms with Crippen LogP contribution in [0.1, 0.15) is 31.2 Å². The first-order valence-electron chi connectivity index (χ1n) is 8.34. The molecule has 5 atom stereocenters. The van der Waals surface area contributed by atoms with Gasteiger partial charge < -0.3 is 5.32 Å². The summed E-state index contributed by atoms with van der Waals surface area (Å²) in [6.07, 6.45) is 4.25. The molecule has 0 spiro atoms. The van der Waals surface area contributed by atoms with Crippen molar-refractivity contribution in [3.05, 3.63) is 28.8 Å². The van der Waals surface area contributed by atoms with Crippen LogP contribution in [0.4, 0.5) is 5.69 Å². The van der Waals surface area contributed by atoms with Crippen LogP contribution in [0.5, 0.6) is 0 Å². The zero-order chi connectivity index (χ0) is 16.4. The summed E-state index contributed by atoms with van der Waals surface area (Å²) in [5, 5.41) is 3.72. The van der Waals surface area contributed by atoms with Gasteiger partial charge in [-0.05, 0) is 74.0 Å². The van der Waals surface area contributed by atoms with Crippen LogP contribution in [0.2, 0.25) is 5.02 Å². The minimum absolute atomic E-state index is 0.143. The first kappa shape index (κ1) is 16.1. The summed E-state index contributed by atoms with van der Waals surface area (Å²) < 4.78 is -0.494. The number of benzene rings is 1. The van der Waals surface area contributed by atoms with Gasteiger partial charge in [-0.2, -0.15) is 0 Å². The molecule has 124 valence electrons. The number of nitrogens with one attached hydrogen (secondary N) is 1. The molecule has 1 N–H and O–H groups in total. The number of halogens is 3. The van der Waals surface area contributed by atoms with E-state index < -0.39 is 4.33 Å². The van der Waals surface area contributed by atoms with E-state index in [1.807, 2.05) is 25.1 Å². The molecule has 3 aliphatic carbocycles. The first-order valence-corrected chi connectivity index (χ1v) is 9.48. The summed E-state index contributed by atoms with van der Waals surface area (Å²) in [6.45, 7) is 1.98. The van der Waals surface area contributed by atoms with E-state index in [0.29, 0.717) is 28.7 Å². The highest BCUT2D eigenvalue weighted by Gasteiger charge is 2.65. The van der Waals surface area contributed by atoms with Crippen LogP contribution in [-0.2, 0) is 4.79 Å². The van der Waals surface area contributed by atoms with Crippen LogP contribution in [0.3, 0.4) is 0 Å². The maximum Gasteiger partial charge on any atom is 0.228 e. The second-order valence-corrected chi connectivity index (χ2v) is 9.22. The Morgan fingerprint density at radius 1 is 1.13 bits per heavy atom. The van der Waals surface area contributed by atoms with Gasteiger partial charge in [-0.3, -0.25) is 4.79 Å². The molecule has 0 aromatic heterocycles. The van der Waals surface area contributed by atoms with Gasteiger partial charge in [0.2, 0.25) is 5.91 Å². The summed E-state index contributed by atoms with van der Waals surface area (Å²) in [5.74, 6) is 2.16. The zero-order valence-corrected chi connectivity index (χ0v) is 15.3. The number of carbonyl (C=O) groups excluding carboxylic acids is 1. The number of anilines is 1. The van der Waals surface area contributed by atoms with Gasteiger partial charge in [0, 0.05) is 16.6 Å². The molecule has 2 nitrogen and oxygen atoms in total. The Morgan fingerprint density at radius 2 is 1.74 bits per heavy atom. The van der Waals surface area contributed by atoms with Crippen molar-refractivity contribution in [3.8, 4) is 0 Å². The first-order chi connectivity index (χ1) is 10.9. The minimum Gasteiger partial charge on any atom is -0.326 e. The second kappa shape index (κ2) is 5.54. The van der Waals surface area contributed by atoms with Crippen molar-refractivity contribution in [1.82, 2.24) is 0 Å². The van der Waals surface area contributed by atoms with Crippen molar-refractivity contribution in [3.63, 3.8) is 0 Å². The van der Waals surface area contributed by atoms with Crippen LogP contribution >= 0.6 is 34.8 Å². The molecule has 1 amide bonds. The van der Waals surface area contributed by atoms with Crippen LogP contribution in [-0.4, -0.2) is 10.2 Å². The van der Waals surface area contributed by atoms with Gasteiger partial charge in [-0.25, -0.2) is 0 Å². The van der Waals surface area contributed by atoms with E-state index in [4.69, 9.17) is 34.8 Å². The fourth-order valence-electron chi connectivity index (χ4n) is 4.56. The van der Waals surface area contributed by atoms with Crippen molar-refractivity contribution < 1.29 is 4.79 Å². The fraction of sp³-hybridized carbons (Fsp3) is 0.611. The lowest BCUT2D eigenvalue weighted by atomic mass is 10.0. The Hall–Kier alpha value is -0.440.